The number of hydrogen-bond acceptors (Lipinski definition) is 6. The predicted octanol–water partition coefficient (Wildman–Crippen LogP) is 25.7. The Morgan fingerprint density at radius 3 is 0.687 bits per heavy atom. The second kappa shape index (κ2) is 71.8. The Morgan fingerprint density at radius 1 is 0.241 bits per heavy atom. The van der Waals surface area contributed by atoms with Crippen LogP contribution in [0.1, 0.15) is 406 Å². The Hall–Kier alpha value is -2.63. The summed E-state index contributed by atoms with van der Waals surface area (Å²) >= 11 is 0. The number of allylic oxidation sites excluding steroid dienone is 8. The molecule has 0 aliphatic rings. The molecule has 0 radical (unpaired) electrons. The smallest absolute Gasteiger partial charge is 0.306 e. The van der Waals surface area contributed by atoms with Gasteiger partial charge >= 0.3 is 17.9 Å². The van der Waals surface area contributed by atoms with Crippen LogP contribution in [0.3, 0.4) is 0 Å². The lowest BCUT2D eigenvalue weighted by Crippen LogP contribution is -2.30. The lowest BCUT2D eigenvalue weighted by Gasteiger charge is -2.18. The zero-order valence-corrected chi connectivity index (χ0v) is 56.0. The van der Waals surface area contributed by atoms with E-state index in [0.29, 0.717) is 19.3 Å². The summed E-state index contributed by atoms with van der Waals surface area (Å²) in [6.45, 7) is 6.65. The molecule has 0 saturated heterocycles. The maximum absolute atomic E-state index is 12.9. The largest absolute Gasteiger partial charge is 0.462 e. The number of hydrogen-bond donors (Lipinski definition) is 0. The highest BCUT2D eigenvalue weighted by Crippen LogP contribution is 2.19. The van der Waals surface area contributed by atoms with Gasteiger partial charge in [0.15, 0.2) is 6.10 Å². The van der Waals surface area contributed by atoms with Crippen molar-refractivity contribution in [1.82, 2.24) is 0 Å². The van der Waals surface area contributed by atoms with Crippen molar-refractivity contribution in [3.63, 3.8) is 0 Å². The third-order valence-corrected chi connectivity index (χ3v) is 16.8. The summed E-state index contributed by atoms with van der Waals surface area (Å²) in [5.41, 5.74) is 0. The van der Waals surface area contributed by atoms with Crippen molar-refractivity contribution in [3.8, 4) is 0 Å². The quantitative estimate of drug-likeness (QED) is 0.0261. The molecule has 0 spiro atoms. The Bertz CT molecular complexity index is 1430. The minimum Gasteiger partial charge on any atom is -0.462 e. The predicted molar refractivity (Wildman–Crippen MR) is 362 cm³/mol. The summed E-state index contributed by atoms with van der Waals surface area (Å²) in [7, 11) is 0. The van der Waals surface area contributed by atoms with Crippen molar-refractivity contribution in [2.45, 2.75) is 412 Å². The Balaban J connectivity index is 3.99. The molecule has 1 atom stereocenters. The number of carbonyl (C=O) groups excluding carboxylic acids is 3. The van der Waals surface area contributed by atoms with Gasteiger partial charge < -0.3 is 14.2 Å². The fraction of sp³-hybridized carbons (Fsp3) is 0.857. The van der Waals surface area contributed by atoms with Crippen LogP contribution in [-0.2, 0) is 28.6 Å². The van der Waals surface area contributed by atoms with E-state index in [9.17, 15) is 14.4 Å². The fourth-order valence-electron chi connectivity index (χ4n) is 11.2. The number of rotatable bonds is 69. The van der Waals surface area contributed by atoms with Crippen LogP contribution in [-0.4, -0.2) is 37.2 Å². The van der Waals surface area contributed by atoms with Gasteiger partial charge in [-0.1, -0.05) is 352 Å². The van der Waals surface area contributed by atoms with Crippen molar-refractivity contribution in [2.24, 2.45) is 0 Å². The van der Waals surface area contributed by atoms with Crippen LogP contribution in [0.5, 0.6) is 0 Å². The highest BCUT2D eigenvalue weighted by atomic mass is 16.6. The monoisotopic (exact) mass is 1160 g/mol. The summed E-state index contributed by atoms with van der Waals surface area (Å²) in [5.74, 6) is -0.848. The van der Waals surface area contributed by atoms with Gasteiger partial charge in [0, 0.05) is 19.3 Å². The van der Waals surface area contributed by atoms with E-state index in [4.69, 9.17) is 14.2 Å². The molecular formula is C77H142O6. The average Bonchev–Trinajstić information content (AvgIpc) is 3.50. The zero-order valence-electron chi connectivity index (χ0n) is 56.0. The summed E-state index contributed by atoms with van der Waals surface area (Å²) in [6, 6.07) is 0. The summed E-state index contributed by atoms with van der Waals surface area (Å²) in [5, 5.41) is 0. The highest BCUT2D eigenvalue weighted by Gasteiger charge is 2.19. The Labute approximate surface area is 518 Å². The molecule has 0 fully saturated rings. The molecule has 0 rings (SSSR count). The van der Waals surface area contributed by atoms with Gasteiger partial charge in [-0.05, 0) is 83.5 Å². The first kappa shape index (κ1) is 80.4. The van der Waals surface area contributed by atoms with Gasteiger partial charge in [0.1, 0.15) is 13.2 Å². The van der Waals surface area contributed by atoms with Gasteiger partial charge in [0.25, 0.3) is 0 Å². The van der Waals surface area contributed by atoms with E-state index in [0.717, 1.165) is 70.6 Å². The van der Waals surface area contributed by atoms with Crippen molar-refractivity contribution in [3.05, 3.63) is 48.6 Å². The van der Waals surface area contributed by atoms with Gasteiger partial charge in [0.2, 0.25) is 0 Å². The first-order chi connectivity index (χ1) is 41.0. The first-order valence-electron chi connectivity index (χ1n) is 37.1. The number of ether oxygens (including phenoxy) is 3. The Kier molecular flexibility index (Phi) is 69.6. The van der Waals surface area contributed by atoms with Crippen LogP contribution in [0.4, 0.5) is 0 Å². The number of unbranched alkanes of at least 4 members (excludes halogenated alkanes) is 50. The molecule has 0 aliphatic carbocycles. The molecule has 0 N–H and O–H groups in total. The van der Waals surface area contributed by atoms with Crippen LogP contribution < -0.4 is 0 Å². The van der Waals surface area contributed by atoms with Crippen LogP contribution in [0, 0.1) is 0 Å². The molecule has 0 aliphatic heterocycles. The van der Waals surface area contributed by atoms with E-state index >= 15 is 0 Å². The van der Waals surface area contributed by atoms with E-state index in [-0.39, 0.29) is 31.1 Å². The average molecular weight is 1160 g/mol. The third-order valence-electron chi connectivity index (χ3n) is 16.8. The molecule has 6 nitrogen and oxygen atoms in total. The Morgan fingerprint density at radius 2 is 0.434 bits per heavy atom. The van der Waals surface area contributed by atoms with Crippen LogP contribution in [0.2, 0.25) is 0 Å². The van der Waals surface area contributed by atoms with Crippen LogP contribution in [0.25, 0.3) is 0 Å². The molecule has 0 amide bonds. The minimum atomic E-state index is -0.769. The molecule has 0 saturated carbocycles. The topological polar surface area (TPSA) is 78.9 Å². The number of carbonyl (C=O) groups is 3. The SMILES string of the molecule is CCCCCCC/C=C\C/C=C\C/C=C\CCCCCCCCCCCCCCCCCCCCC(=O)OCC(COC(=O)CCCCCCCCC)OC(=O)CCCCCCCCCCCCCCC/C=C\CCCCCCCCCC. The van der Waals surface area contributed by atoms with Crippen molar-refractivity contribution < 1.29 is 28.6 Å². The van der Waals surface area contributed by atoms with Gasteiger partial charge in [-0.15, -0.1) is 0 Å². The second-order valence-corrected chi connectivity index (χ2v) is 25.2. The summed E-state index contributed by atoms with van der Waals surface area (Å²) in [6.07, 6.45) is 91.9. The van der Waals surface area contributed by atoms with Gasteiger partial charge in [-0.3, -0.25) is 14.4 Å². The molecule has 83 heavy (non-hydrogen) atoms. The van der Waals surface area contributed by atoms with Crippen molar-refractivity contribution >= 4 is 17.9 Å². The van der Waals surface area contributed by atoms with Crippen molar-refractivity contribution in [1.29, 1.82) is 0 Å². The van der Waals surface area contributed by atoms with Gasteiger partial charge in [0.05, 0.1) is 0 Å². The van der Waals surface area contributed by atoms with Gasteiger partial charge in [-0.25, -0.2) is 0 Å². The highest BCUT2D eigenvalue weighted by molar-refractivity contribution is 5.71. The molecular weight excluding hydrogens is 1020 g/mol. The van der Waals surface area contributed by atoms with E-state index in [1.165, 1.54) is 295 Å². The van der Waals surface area contributed by atoms with Crippen molar-refractivity contribution in [2.75, 3.05) is 13.2 Å². The maximum atomic E-state index is 12.9. The van der Waals surface area contributed by atoms with E-state index in [2.05, 4.69) is 69.4 Å². The molecule has 486 valence electrons. The lowest BCUT2D eigenvalue weighted by molar-refractivity contribution is -0.167. The first-order valence-corrected chi connectivity index (χ1v) is 37.1. The maximum Gasteiger partial charge on any atom is 0.306 e. The molecule has 0 aromatic rings. The number of esters is 3. The molecule has 0 bridgehead atoms. The molecule has 1 unspecified atom stereocenters. The second-order valence-electron chi connectivity index (χ2n) is 25.2. The molecule has 0 aromatic heterocycles. The fourth-order valence-corrected chi connectivity index (χ4v) is 11.2. The zero-order chi connectivity index (χ0) is 59.9. The molecule has 0 heterocycles. The lowest BCUT2D eigenvalue weighted by atomic mass is 10.0. The van der Waals surface area contributed by atoms with E-state index in [1.54, 1.807) is 0 Å². The molecule has 6 heteroatoms. The summed E-state index contributed by atoms with van der Waals surface area (Å²) in [4.78, 5) is 38.2. The summed E-state index contributed by atoms with van der Waals surface area (Å²) < 4.78 is 16.9. The van der Waals surface area contributed by atoms with Crippen LogP contribution >= 0.6 is 0 Å². The minimum absolute atomic E-state index is 0.0676. The molecule has 0 aromatic carbocycles. The normalized spacial score (nSPS) is 12.3. The van der Waals surface area contributed by atoms with E-state index < -0.39 is 6.10 Å². The van der Waals surface area contributed by atoms with Gasteiger partial charge in [-0.2, -0.15) is 0 Å². The third kappa shape index (κ3) is 70.0. The van der Waals surface area contributed by atoms with Crippen LogP contribution in [0.15, 0.2) is 48.6 Å². The standard InChI is InChI=1S/C77H142O6/c1-4-7-10-13-16-18-20-22-24-26-28-30-32-34-35-36-37-38-39-40-41-43-44-46-48-50-52-54-56-58-61-64-67-70-76(79)82-73-74(72-81-75(78)69-66-63-60-15-12-9-6-3)83-77(80)71-68-65-62-59-57-55-53-51-49-47-45-42-33-31-29-27-25-23-21-19-17-14-11-8-5-2/h20,22,26-29,32,34,74H,4-19,21,23-25,30-31,33,35-73H2,1-3H3/b22-20-,28-26-,29-27-,34-32-. The van der Waals surface area contributed by atoms with E-state index in [1.807, 2.05) is 0 Å².